The summed E-state index contributed by atoms with van der Waals surface area (Å²) in [5.41, 5.74) is 0.188. The van der Waals surface area contributed by atoms with Crippen LogP contribution in [0.2, 0.25) is 0 Å². The Morgan fingerprint density at radius 1 is 1.35 bits per heavy atom. The number of anilines is 1. The Morgan fingerprint density at radius 3 is 2.85 bits per heavy atom. The molecular formula is C19H26N4O3. The molecule has 2 atom stereocenters. The molecule has 2 aliphatic heterocycles. The Kier molecular flexibility index (Phi) is 5.80. The molecule has 0 aliphatic carbocycles. The van der Waals surface area contributed by atoms with Crippen molar-refractivity contribution in [1.29, 1.82) is 0 Å². The number of allylic oxidation sites excluding steroid dienone is 2. The number of amides is 2. The summed E-state index contributed by atoms with van der Waals surface area (Å²) in [7, 11) is 1.62. The predicted octanol–water partition coefficient (Wildman–Crippen LogP) is 1.91. The topological polar surface area (TPSA) is 74.9 Å². The highest BCUT2D eigenvalue weighted by atomic mass is 16.5. The van der Waals surface area contributed by atoms with E-state index in [0.717, 1.165) is 18.0 Å². The van der Waals surface area contributed by atoms with Crippen LogP contribution >= 0.6 is 0 Å². The van der Waals surface area contributed by atoms with Crippen LogP contribution in [-0.2, 0) is 4.74 Å². The molecule has 0 spiro atoms. The zero-order chi connectivity index (χ0) is 18.4. The molecule has 1 saturated heterocycles. The van der Waals surface area contributed by atoms with Gasteiger partial charge in [-0.1, -0.05) is 6.08 Å². The summed E-state index contributed by atoms with van der Waals surface area (Å²) in [6, 6.07) is 7.14. The minimum Gasteiger partial charge on any atom is -0.497 e. The average Bonchev–Trinajstić information content (AvgIpc) is 2.68. The van der Waals surface area contributed by atoms with Gasteiger partial charge in [0, 0.05) is 25.3 Å². The lowest BCUT2D eigenvalue weighted by Crippen LogP contribution is -2.57. The summed E-state index contributed by atoms with van der Waals surface area (Å²) in [4.78, 5) is 14.5. The van der Waals surface area contributed by atoms with Gasteiger partial charge in [0.1, 0.15) is 5.75 Å². The first kappa shape index (κ1) is 18.3. The van der Waals surface area contributed by atoms with Gasteiger partial charge >= 0.3 is 6.03 Å². The fraction of sp³-hybridized carbons (Fsp3) is 0.421. The van der Waals surface area contributed by atoms with Gasteiger partial charge in [0.15, 0.2) is 5.72 Å². The molecule has 1 aromatic carbocycles. The summed E-state index contributed by atoms with van der Waals surface area (Å²) in [6.45, 7) is 4.50. The number of methoxy groups -OCH3 is 1. The quantitative estimate of drug-likeness (QED) is 0.750. The molecule has 2 unspecified atom stereocenters. The maximum absolute atomic E-state index is 12.7. The van der Waals surface area contributed by atoms with Crippen LogP contribution in [0.25, 0.3) is 0 Å². The van der Waals surface area contributed by atoms with Crippen LogP contribution in [0, 0.1) is 0 Å². The van der Waals surface area contributed by atoms with E-state index in [1.54, 1.807) is 7.11 Å². The number of carbonyl (C=O) groups excluding carboxylic acids is 1. The second kappa shape index (κ2) is 8.25. The van der Waals surface area contributed by atoms with E-state index < -0.39 is 5.72 Å². The van der Waals surface area contributed by atoms with Gasteiger partial charge in [-0.15, -0.1) is 0 Å². The zero-order valence-electron chi connectivity index (χ0n) is 15.2. The normalized spacial score (nSPS) is 24.8. The van der Waals surface area contributed by atoms with Crippen LogP contribution in [0.15, 0.2) is 48.7 Å². The smallest absolute Gasteiger partial charge is 0.322 e. The molecule has 0 saturated carbocycles. The molecule has 26 heavy (non-hydrogen) atoms. The van der Waals surface area contributed by atoms with E-state index in [1.165, 1.54) is 0 Å². The summed E-state index contributed by atoms with van der Waals surface area (Å²) >= 11 is 0. The van der Waals surface area contributed by atoms with E-state index in [1.807, 2.05) is 60.5 Å². The number of ether oxygens (including phenoxy) is 2. The Balaban J connectivity index is 1.59. The van der Waals surface area contributed by atoms with Gasteiger partial charge in [-0.3, -0.25) is 0 Å². The predicted molar refractivity (Wildman–Crippen MR) is 101 cm³/mol. The standard InChI is InChI=1S/C19H26N4O3/c1-19(9-3-4-10-21-19)26-14-16-13-20-11-12-23(16)18(24)22-15-5-7-17(25-2)8-6-15/h3-10,16,20-21H,11-14H2,1-2H3,(H,22,24). The number of dihydropyridines is 1. The van der Waals surface area contributed by atoms with Crippen LogP contribution in [0.4, 0.5) is 10.5 Å². The van der Waals surface area contributed by atoms with Crippen molar-refractivity contribution < 1.29 is 14.3 Å². The fourth-order valence-electron chi connectivity index (χ4n) is 2.96. The molecule has 3 N–H and O–H groups in total. The Hall–Kier alpha value is -2.51. The number of rotatable bonds is 5. The largest absolute Gasteiger partial charge is 0.497 e. The molecule has 2 amide bonds. The van der Waals surface area contributed by atoms with Crippen molar-refractivity contribution in [1.82, 2.24) is 15.5 Å². The third-order valence-corrected chi connectivity index (χ3v) is 4.52. The molecule has 1 aromatic rings. The monoisotopic (exact) mass is 358 g/mol. The number of piperazine rings is 1. The molecule has 2 heterocycles. The minimum absolute atomic E-state index is 0.0417. The third-order valence-electron chi connectivity index (χ3n) is 4.52. The first-order valence-corrected chi connectivity index (χ1v) is 8.78. The second-order valence-corrected chi connectivity index (χ2v) is 6.49. The zero-order valence-corrected chi connectivity index (χ0v) is 15.2. The molecular weight excluding hydrogens is 332 g/mol. The number of hydrogen-bond donors (Lipinski definition) is 3. The Labute approximate surface area is 154 Å². The molecule has 3 rings (SSSR count). The number of nitrogens with one attached hydrogen (secondary N) is 3. The van der Waals surface area contributed by atoms with Crippen LogP contribution in [0.1, 0.15) is 6.92 Å². The van der Waals surface area contributed by atoms with E-state index in [9.17, 15) is 4.79 Å². The first-order valence-electron chi connectivity index (χ1n) is 8.78. The van der Waals surface area contributed by atoms with Crippen molar-refractivity contribution in [2.75, 3.05) is 38.7 Å². The van der Waals surface area contributed by atoms with Crippen LogP contribution in [0.3, 0.4) is 0 Å². The molecule has 0 aromatic heterocycles. The SMILES string of the molecule is COc1ccc(NC(=O)N2CCNCC2COC2(C)C=CC=CN2)cc1. The lowest BCUT2D eigenvalue weighted by molar-refractivity contribution is -0.0376. The van der Waals surface area contributed by atoms with Gasteiger partial charge in [0.25, 0.3) is 0 Å². The number of nitrogens with zero attached hydrogens (tertiary/aromatic N) is 1. The van der Waals surface area contributed by atoms with Crippen LogP contribution in [0.5, 0.6) is 5.75 Å². The van der Waals surface area contributed by atoms with Crippen molar-refractivity contribution in [2.24, 2.45) is 0 Å². The maximum atomic E-state index is 12.7. The van der Waals surface area contributed by atoms with Gasteiger partial charge in [0.05, 0.1) is 19.8 Å². The molecule has 7 nitrogen and oxygen atoms in total. The highest BCUT2D eigenvalue weighted by Gasteiger charge is 2.30. The van der Waals surface area contributed by atoms with Gasteiger partial charge in [0.2, 0.25) is 0 Å². The van der Waals surface area contributed by atoms with Crippen molar-refractivity contribution in [2.45, 2.75) is 18.7 Å². The Bertz CT molecular complexity index is 674. The van der Waals surface area contributed by atoms with Crippen molar-refractivity contribution >= 4 is 11.7 Å². The molecule has 0 radical (unpaired) electrons. The molecule has 1 fully saturated rings. The lowest BCUT2D eigenvalue weighted by Gasteiger charge is -2.38. The van der Waals surface area contributed by atoms with Crippen molar-refractivity contribution in [3.63, 3.8) is 0 Å². The Morgan fingerprint density at radius 2 is 2.15 bits per heavy atom. The number of hydrogen-bond acceptors (Lipinski definition) is 5. The van der Waals surface area contributed by atoms with E-state index in [-0.39, 0.29) is 12.1 Å². The molecule has 2 aliphatic rings. The highest BCUT2D eigenvalue weighted by Crippen LogP contribution is 2.18. The van der Waals surface area contributed by atoms with Crippen molar-refractivity contribution in [3.05, 3.63) is 48.7 Å². The highest BCUT2D eigenvalue weighted by molar-refractivity contribution is 5.89. The number of benzene rings is 1. The number of urea groups is 1. The maximum Gasteiger partial charge on any atom is 0.322 e. The van der Waals surface area contributed by atoms with Gasteiger partial charge < -0.3 is 30.3 Å². The van der Waals surface area contributed by atoms with Crippen LogP contribution in [-0.4, -0.2) is 56.0 Å². The summed E-state index contributed by atoms with van der Waals surface area (Å²) < 4.78 is 11.2. The first-order chi connectivity index (χ1) is 12.6. The molecule has 7 heteroatoms. The summed E-state index contributed by atoms with van der Waals surface area (Å²) in [6.07, 6.45) is 7.68. The van der Waals surface area contributed by atoms with E-state index in [4.69, 9.17) is 9.47 Å². The lowest BCUT2D eigenvalue weighted by atomic mass is 10.1. The van der Waals surface area contributed by atoms with Crippen LogP contribution < -0.4 is 20.7 Å². The summed E-state index contributed by atoms with van der Waals surface area (Å²) in [5.74, 6) is 0.756. The number of carbonyl (C=O) groups is 1. The van der Waals surface area contributed by atoms with Gasteiger partial charge in [-0.25, -0.2) is 4.79 Å². The summed E-state index contributed by atoms with van der Waals surface area (Å²) in [5, 5.41) is 9.46. The minimum atomic E-state index is -0.551. The third kappa shape index (κ3) is 4.56. The van der Waals surface area contributed by atoms with E-state index in [0.29, 0.717) is 19.7 Å². The van der Waals surface area contributed by atoms with E-state index >= 15 is 0 Å². The molecule has 0 bridgehead atoms. The average molecular weight is 358 g/mol. The van der Waals surface area contributed by atoms with Gasteiger partial charge in [-0.05, 0) is 49.5 Å². The molecule has 140 valence electrons. The fourth-order valence-corrected chi connectivity index (χ4v) is 2.96. The van der Waals surface area contributed by atoms with Gasteiger partial charge in [-0.2, -0.15) is 0 Å². The van der Waals surface area contributed by atoms with E-state index in [2.05, 4.69) is 16.0 Å². The van der Waals surface area contributed by atoms with Crippen molar-refractivity contribution in [3.8, 4) is 5.75 Å². The second-order valence-electron chi connectivity index (χ2n) is 6.49.